The molecule has 3 nitrogen and oxygen atoms in total. The summed E-state index contributed by atoms with van der Waals surface area (Å²) < 4.78 is 80.6. The lowest BCUT2D eigenvalue weighted by Gasteiger charge is -2.31. The van der Waals surface area contributed by atoms with Crippen molar-refractivity contribution >= 4 is 14.3 Å². The molecular formula is C17H19F5O3Si. The first-order chi connectivity index (χ1) is 11.9. The van der Waals surface area contributed by atoms with Crippen LogP contribution in [0.5, 0.6) is 0 Å². The van der Waals surface area contributed by atoms with Crippen molar-refractivity contribution < 1.29 is 35.9 Å². The fourth-order valence-electron chi connectivity index (χ4n) is 3.37. The fourth-order valence-corrected chi connectivity index (χ4v) is 4.79. The molecule has 1 aliphatic rings. The van der Waals surface area contributed by atoms with E-state index in [4.69, 9.17) is 9.16 Å². The van der Waals surface area contributed by atoms with Crippen molar-refractivity contribution in [2.24, 2.45) is 5.41 Å². The Bertz CT molecular complexity index is 748. The highest BCUT2D eigenvalue weighted by molar-refractivity contribution is 6.69. The lowest BCUT2D eigenvalue weighted by atomic mass is 9.91. The molecule has 0 radical (unpaired) electrons. The lowest BCUT2D eigenvalue weighted by Crippen LogP contribution is -2.40. The molecule has 0 bridgehead atoms. The number of methoxy groups -OCH3 is 1. The lowest BCUT2D eigenvalue weighted by molar-refractivity contribution is -0.150. The highest BCUT2D eigenvalue weighted by atomic mass is 28.4. The van der Waals surface area contributed by atoms with E-state index in [-0.39, 0.29) is 12.8 Å². The molecule has 2 rings (SSSR count). The summed E-state index contributed by atoms with van der Waals surface area (Å²) in [5, 5.41) is 0. The molecule has 0 spiro atoms. The van der Waals surface area contributed by atoms with Gasteiger partial charge in [0.1, 0.15) is 11.0 Å². The third-order valence-corrected chi connectivity index (χ3v) is 5.32. The quantitative estimate of drug-likeness (QED) is 0.177. The third-order valence-electron chi connectivity index (χ3n) is 4.36. The van der Waals surface area contributed by atoms with Crippen LogP contribution in [0.25, 0.3) is 0 Å². The Labute approximate surface area is 148 Å². The van der Waals surface area contributed by atoms with Gasteiger partial charge in [0.2, 0.25) is 5.82 Å². The number of carbonyl (C=O) groups excluding carboxylic acids is 1. The van der Waals surface area contributed by atoms with Gasteiger partial charge in [0, 0.05) is 6.42 Å². The van der Waals surface area contributed by atoms with Crippen LogP contribution in [-0.2, 0) is 19.6 Å². The Hall–Kier alpha value is -1.74. The number of hydrogen-bond acceptors (Lipinski definition) is 3. The number of esters is 1. The highest BCUT2D eigenvalue weighted by Gasteiger charge is 2.76. The summed E-state index contributed by atoms with van der Waals surface area (Å²) in [6.07, 6.45) is 0.934. The van der Waals surface area contributed by atoms with E-state index < -0.39 is 60.0 Å². The average Bonchev–Trinajstić information content (AvgIpc) is 3.17. The minimum atomic E-state index is -2.60. The van der Waals surface area contributed by atoms with Gasteiger partial charge >= 0.3 is 5.97 Å². The van der Waals surface area contributed by atoms with Gasteiger partial charge in [-0.25, -0.2) is 22.0 Å². The molecule has 1 aromatic rings. The highest BCUT2D eigenvalue weighted by Crippen LogP contribution is 2.69. The minimum absolute atomic E-state index is 0.107. The van der Waals surface area contributed by atoms with Crippen LogP contribution in [0.3, 0.4) is 0 Å². The molecule has 1 saturated carbocycles. The van der Waals surface area contributed by atoms with Gasteiger partial charge in [-0.2, -0.15) is 0 Å². The first-order valence-electron chi connectivity index (χ1n) is 7.80. The van der Waals surface area contributed by atoms with Crippen molar-refractivity contribution in [2.45, 2.75) is 38.1 Å². The van der Waals surface area contributed by atoms with E-state index in [1.54, 1.807) is 19.6 Å². The van der Waals surface area contributed by atoms with Gasteiger partial charge in [-0.1, -0.05) is 6.08 Å². The Morgan fingerprint density at radius 1 is 1.08 bits per heavy atom. The average molecular weight is 394 g/mol. The molecule has 1 aliphatic carbocycles. The molecule has 2 unspecified atom stereocenters. The van der Waals surface area contributed by atoms with Crippen molar-refractivity contribution in [1.82, 2.24) is 0 Å². The van der Waals surface area contributed by atoms with Crippen LogP contribution < -0.4 is 0 Å². The SMILES string of the molecule is C=CCC1(C(=O)OC)CC1(O[Si](C)(C)C)c1c(F)c(F)c(F)c(F)c1F. The molecule has 2 atom stereocenters. The molecular weight excluding hydrogens is 375 g/mol. The van der Waals surface area contributed by atoms with Crippen LogP contribution in [-0.4, -0.2) is 21.4 Å². The maximum Gasteiger partial charge on any atom is 0.315 e. The van der Waals surface area contributed by atoms with Gasteiger partial charge < -0.3 is 9.16 Å². The minimum Gasteiger partial charge on any atom is -0.468 e. The van der Waals surface area contributed by atoms with E-state index in [2.05, 4.69) is 6.58 Å². The first-order valence-corrected chi connectivity index (χ1v) is 11.2. The number of halogens is 5. The largest absolute Gasteiger partial charge is 0.468 e. The van der Waals surface area contributed by atoms with Gasteiger partial charge in [-0.3, -0.25) is 4.79 Å². The normalized spacial score (nSPS) is 25.1. The molecule has 0 amide bonds. The summed E-state index contributed by atoms with van der Waals surface area (Å²) >= 11 is 0. The van der Waals surface area contributed by atoms with Crippen LogP contribution in [0.2, 0.25) is 19.6 Å². The molecule has 0 aromatic heterocycles. The number of rotatable bonds is 6. The molecule has 0 N–H and O–H groups in total. The Morgan fingerprint density at radius 2 is 1.54 bits per heavy atom. The molecule has 0 aliphatic heterocycles. The van der Waals surface area contributed by atoms with Gasteiger partial charge in [0.05, 0.1) is 12.7 Å². The second-order valence-corrected chi connectivity index (χ2v) is 11.7. The molecule has 1 fully saturated rings. The zero-order chi connectivity index (χ0) is 20.1. The summed E-state index contributed by atoms with van der Waals surface area (Å²) in [5.74, 6) is -11.3. The summed E-state index contributed by atoms with van der Waals surface area (Å²) in [6.45, 7) is 8.53. The Kier molecular flexibility index (Phi) is 5.10. The van der Waals surface area contributed by atoms with E-state index >= 15 is 0 Å². The first kappa shape index (κ1) is 20.6. The number of ether oxygens (including phenoxy) is 1. The summed E-state index contributed by atoms with van der Waals surface area (Å²) in [7, 11) is -1.52. The van der Waals surface area contributed by atoms with Crippen molar-refractivity contribution in [2.75, 3.05) is 7.11 Å². The van der Waals surface area contributed by atoms with Gasteiger partial charge in [-0.05, 0) is 26.1 Å². The standard InChI is InChI=1S/C17H19F5O3Si/c1-6-7-16(15(23)24-2)8-17(16,25-26(3,4)5)9-10(18)12(20)14(22)13(21)11(9)19/h6H,1,7-8H2,2-5H3. The molecule has 26 heavy (non-hydrogen) atoms. The van der Waals surface area contributed by atoms with Crippen molar-refractivity contribution in [3.05, 3.63) is 47.3 Å². The van der Waals surface area contributed by atoms with Gasteiger partial charge in [0.25, 0.3) is 0 Å². The van der Waals surface area contributed by atoms with Crippen LogP contribution in [0, 0.1) is 34.5 Å². The molecule has 9 heteroatoms. The van der Waals surface area contributed by atoms with E-state index in [1.807, 2.05) is 0 Å². The van der Waals surface area contributed by atoms with Gasteiger partial charge in [0.15, 0.2) is 31.6 Å². The van der Waals surface area contributed by atoms with E-state index in [0.29, 0.717) is 0 Å². The molecule has 0 heterocycles. The maximum absolute atomic E-state index is 14.5. The summed E-state index contributed by atoms with van der Waals surface area (Å²) in [5.41, 5.74) is -4.76. The zero-order valence-corrected chi connectivity index (χ0v) is 15.8. The maximum atomic E-state index is 14.5. The Balaban J connectivity index is 2.82. The Morgan fingerprint density at radius 3 is 1.92 bits per heavy atom. The second-order valence-electron chi connectivity index (χ2n) is 7.23. The van der Waals surface area contributed by atoms with Gasteiger partial charge in [-0.15, -0.1) is 6.58 Å². The zero-order valence-electron chi connectivity index (χ0n) is 14.8. The van der Waals surface area contributed by atoms with E-state index in [0.717, 1.165) is 7.11 Å². The van der Waals surface area contributed by atoms with E-state index in [9.17, 15) is 26.7 Å². The number of allylic oxidation sites excluding steroid dienone is 1. The number of benzene rings is 1. The van der Waals surface area contributed by atoms with Crippen molar-refractivity contribution in [3.63, 3.8) is 0 Å². The van der Waals surface area contributed by atoms with Crippen LogP contribution >= 0.6 is 0 Å². The topological polar surface area (TPSA) is 35.5 Å². The molecule has 0 saturated heterocycles. The fraction of sp³-hybridized carbons (Fsp3) is 0.471. The predicted octanol–water partition coefficient (Wildman–Crippen LogP) is 4.57. The van der Waals surface area contributed by atoms with Crippen LogP contribution in [0.15, 0.2) is 12.7 Å². The second kappa shape index (κ2) is 6.45. The summed E-state index contributed by atoms with van der Waals surface area (Å²) in [6, 6.07) is 0. The van der Waals surface area contributed by atoms with Crippen molar-refractivity contribution in [3.8, 4) is 0 Å². The smallest absolute Gasteiger partial charge is 0.315 e. The monoisotopic (exact) mass is 394 g/mol. The van der Waals surface area contributed by atoms with Crippen LogP contribution in [0.1, 0.15) is 18.4 Å². The summed E-state index contributed by atoms with van der Waals surface area (Å²) in [4.78, 5) is 12.4. The molecule has 1 aromatic carbocycles. The van der Waals surface area contributed by atoms with Crippen LogP contribution in [0.4, 0.5) is 22.0 Å². The number of hydrogen-bond donors (Lipinski definition) is 0. The number of carbonyl (C=O) groups is 1. The molecule has 144 valence electrons. The van der Waals surface area contributed by atoms with E-state index in [1.165, 1.54) is 6.08 Å². The van der Waals surface area contributed by atoms with Crippen molar-refractivity contribution in [1.29, 1.82) is 0 Å². The third kappa shape index (κ3) is 2.86. The predicted molar refractivity (Wildman–Crippen MR) is 86.2 cm³/mol.